The van der Waals surface area contributed by atoms with Crippen LogP contribution < -0.4 is 5.32 Å². The van der Waals surface area contributed by atoms with Crippen LogP contribution in [0.25, 0.3) is 0 Å². The smallest absolute Gasteiger partial charge is 0.243 e. The summed E-state index contributed by atoms with van der Waals surface area (Å²) in [7, 11) is -3.75. The second kappa shape index (κ2) is 8.70. The van der Waals surface area contributed by atoms with Gasteiger partial charge in [-0.05, 0) is 61.2 Å². The van der Waals surface area contributed by atoms with E-state index in [1.165, 1.54) is 16.4 Å². The van der Waals surface area contributed by atoms with Gasteiger partial charge in [0.1, 0.15) is 11.6 Å². The number of benzene rings is 2. The number of halogens is 1. The van der Waals surface area contributed by atoms with E-state index in [2.05, 4.69) is 5.32 Å². The van der Waals surface area contributed by atoms with Gasteiger partial charge in [0, 0.05) is 19.6 Å². The van der Waals surface area contributed by atoms with Crippen molar-refractivity contribution in [3.05, 3.63) is 59.9 Å². The van der Waals surface area contributed by atoms with E-state index in [0.29, 0.717) is 32.4 Å². The van der Waals surface area contributed by atoms with Crippen LogP contribution in [0.4, 0.5) is 4.39 Å². The van der Waals surface area contributed by atoms with Gasteiger partial charge in [-0.3, -0.25) is 4.79 Å². The molecule has 0 aliphatic carbocycles. The number of sulfonamides is 1. The molecule has 1 fully saturated rings. The molecule has 28 heavy (non-hydrogen) atoms. The molecule has 150 valence electrons. The number of carbonyl (C=O) groups is 1. The van der Waals surface area contributed by atoms with Crippen LogP contribution in [-0.4, -0.2) is 43.4 Å². The number of rotatable bonds is 6. The summed E-state index contributed by atoms with van der Waals surface area (Å²) in [5.41, 5.74) is 0.988. The quantitative estimate of drug-likeness (QED) is 0.771. The van der Waals surface area contributed by atoms with Gasteiger partial charge in [-0.1, -0.05) is 12.1 Å². The van der Waals surface area contributed by atoms with Gasteiger partial charge >= 0.3 is 0 Å². The Hall–Kier alpha value is -2.45. The highest BCUT2D eigenvalue weighted by molar-refractivity contribution is 7.89. The zero-order valence-corrected chi connectivity index (χ0v) is 16.2. The average Bonchev–Trinajstić information content (AvgIpc) is 2.70. The van der Waals surface area contributed by atoms with Crippen LogP contribution in [0.15, 0.2) is 53.4 Å². The molecule has 1 amide bonds. The lowest BCUT2D eigenvalue weighted by atomic mass is 9.99. The number of phenols is 1. The first kappa shape index (κ1) is 20.3. The van der Waals surface area contributed by atoms with Gasteiger partial charge in [0.25, 0.3) is 0 Å². The lowest BCUT2D eigenvalue weighted by Gasteiger charge is -2.31. The molecule has 0 spiro atoms. The minimum atomic E-state index is -3.75. The first-order valence-electron chi connectivity index (χ1n) is 9.17. The van der Waals surface area contributed by atoms with Gasteiger partial charge in [0.15, 0.2) is 0 Å². The van der Waals surface area contributed by atoms with Crippen LogP contribution in [0, 0.1) is 11.7 Å². The minimum absolute atomic E-state index is 0.0299. The lowest BCUT2D eigenvalue weighted by Crippen LogP contribution is -2.45. The molecule has 0 radical (unpaired) electrons. The highest BCUT2D eigenvalue weighted by Gasteiger charge is 2.33. The molecule has 6 nitrogen and oxygen atoms in total. The topological polar surface area (TPSA) is 86.7 Å². The van der Waals surface area contributed by atoms with E-state index in [1.807, 2.05) is 0 Å². The zero-order chi connectivity index (χ0) is 20.1. The molecule has 0 bridgehead atoms. The molecule has 1 aliphatic rings. The predicted molar refractivity (Wildman–Crippen MR) is 103 cm³/mol. The molecule has 1 heterocycles. The third-order valence-electron chi connectivity index (χ3n) is 4.86. The number of hydrogen-bond acceptors (Lipinski definition) is 4. The standard InChI is InChI=1S/C20H23FN2O4S/c21-17-5-9-19(10-6-17)28(26,27)23-13-1-2-16(14-23)20(25)22-12-11-15-3-7-18(24)8-4-15/h3-10,16,24H,1-2,11-14H2,(H,22,25)/t16-/m1/s1. The Labute approximate surface area is 164 Å². The lowest BCUT2D eigenvalue weighted by molar-refractivity contribution is -0.126. The van der Waals surface area contributed by atoms with Gasteiger partial charge < -0.3 is 10.4 Å². The Kier molecular flexibility index (Phi) is 6.31. The van der Waals surface area contributed by atoms with Gasteiger partial charge in [-0.2, -0.15) is 4.31 Å². The summed E-state index contributed by atoms with van der Waals surface area (Å²) in [5.74, 6) is -0.887. The second-order valence-electron chi connectivity index (χ2n) is 6.86. The molecular weight excluding hydrogens is 383 g/mol. The van der Waals surface area contributed by atoms with E-state index >= 15 is 0 Å². The summed E-state index contributed by atoms with van der Waals surface area (Å²) in [6, 6.07) is 11.5. The fraction of sp³-hybridized carbons (Fsp3) is 0.350. The molecule has 2 N–H and O–H groups in total. The molecule has 2 aromatic rings. The van der Waals surface area contributed by atoms with Crippen LogP contribution in [0.2, 0.25) is 0 Å². The number of nitrogens with one attached hydrogen (secondary N) is 1. The largest absolute Gasteiger partial charge is 0.508 e. The first-order valence-corrected chi connectivity index (χ1v) is 10.6. The fourth-order valence-corrected chi connectivity index (χ4v) is 4.79. The Morgan fingerprint density at radius 2 is 1.82 bits per heavy atom. The van der Waals surface area contributed by atoms with E-state index < -0.39 is 21.8 Å². The number of piperidine rings is 1. The van der Waals surface area contributed by atoms with Crippen molar-refractivity contribution in [3.8, 4) is 5.75 Å². The number of amides is 1. The molecule has 3 rings (SSSR count). The second-order valence-corrected chi connectivity index (χ2v) is 8.80. The summed E-state index contributed by atoms with van der Waals surface area (Å²) in [5, 5.41) is 12.1. The third-order valence-corrected chi connectivity index (χ3v) is 6.73. The van der Waals surface area contributed by atoms with Gasteiger partial charge in [-0.25, -0.2) is 12.8 Å². The van der Waals surface area contributed by atoms with Crippen molar-refractivity contribution in [2.24, 2.45) is 5.92 Å². The van der Waals surface area contributed by atoms with Crippen molar-refractivity contribution < 1.29 is 22.7 Å². The van der Waals surface area contributed by atoms with E-state index in [1.54, 1.807) is 24.3 Å². The van der Waals surface area contributed by atoms with Crippen molar-refractivity contribution >= 4 is 15.9 Å². The fourth-order valence-electron chi connectivity index (χ4n) is 3.27. The molecule has 1 saturated heterocycles. The van der Waals surface area contributed by atoms with Crippen molar-refractivity contribution in [1.29, 1.82) is 0 Å². The van der Waals surface area contributed by atoms with Gasteiger partial charge in [0.05, 0.1) is 10.8 Å². The molecule has 0 aromatic heterocycles. The Morgan fingerprint density at radius 3 is 2.50 bits per heavy atom. The molecule has 8 heteroatoms. The highest BCUT2D eigenvalue weighted by atomic mass is 32.2. The van der Waals surface area contributed by atoms with E-state index in [4.69, 9.17) is 0 Å². The summed E-state index contributed by atoms with van der Waals surface area (Å²) in [4.78, 5) is 12.5. The summed E-state index contributed by atoms with van der Waals surface area (Å²) in [6.07, 6.45) is 1.84. The number of phenolic OH excluding ortho intramolecular Hbond substituents is 1. The van der Waals surface area contributed by atoms with Crippen molar-refractivity contribution in [3.63, 3.8) is 0 Å². The molecule has 0 saturated carbocycles. The van der Waals surface area contributed by atoms with Crippen LogP contribution in [0.3, 0.4) is 0 Å². The Morgan fingerprint density at radius 1 is 1.14 bits per heavy atom. The maximum atomic E-state index is 13.1. The monoisotopic (exact) mass is 406 g/mol. The van der Waals surface area contributed by atoms with Crippen LogP contribution >= 0.6 is 0 Å². The maximum Gasteiger partial charge on any atom is 0.243 e. The predicted octanol–water partition coefficient (Wildman–Crippen LogP) is 2.29. The molecule has 0 unspecified atom stereocenters. The average molecular weight is 406 g/mol. The zero-order valence-electron chi connectivity index (χ0n) is 15.3. The SMILES string of the molecule is O=C(NCCc1ccc(O)cc1)[C@@H]1CCCN(S(=O)(=O)c2ccc(F)cc2)C1. The van der Waals surface area contributed by atoms with Crippen LogP contribution in [0.1, 0.15) is 18.4 Å². The number of carbonyl (C=O) groups excluding carboxylic acids is 1. The third kappa shape index (κ3) is 4.88. The summed E-state index contributed by atoms with van der Waals surface area (Å²) >= 11 is 0. The Bertz CT molecular complexity index is 914. The molecule has 1 aliphatic heterocycles. The summed E-state index contributed by atoms with van der Waals surface area (Å²) < 4.78 is 39.9. The van der Waals surface area contributed by atoms with E-state index in [0.717, 1.165) is 17.7 Å². The number of hydrogen-bond donors (Lipinski definition) is 2. The van der Waals surface area contributed by atoms with Crippen molar-refractivity contribution in [1.82, 2.24) is 9.62 Å². The Balaban J connectivity index is 1.57. The van der Waals surface area contributed by atoms with E-state index in [9.17, 15) is 22.7 Å². The molecule has 2 aromatic carbocycles. The van der Waals surface area contributed by atoms with Crippen LogP contribution in [-0.2, 0) is 21.2 Å². The number of aromatic hydroxyl groups is 1. The maximum absolute atomic E-state index is 13.1. The highest BCUT2D eigenvalue weighted by Crippen LogP contribution is 2.24. The minimum Gasteiger partial charge on any atom is -0.508 e. The van der Waals surface area contributed by atoms with Crippen molar-refractivity contribution in [2.45, 2.75) is 24.2 Å². The van der Waals surface area contributed by atoms with Crippen LogP contribution in [0.5, 0.6) is 5.75 Å². The summed E-state index contributed by atoms with van der Waals surface area (Å²) in [6.45, 7) is 0.895. The first-order chi connectivity index (χ1) is 13.4. The molecular formula is C20H23FN2O4S. The van der Waals surface area contributed by atoms with Crippen molar-refractivity contribution in [2.75, 3.05) is 19.6 Å². The normalized spacial score (nSPS) is 18.0. The van der Waals surface area contributed by atoms with Gasteiger partial charge in [-0.15, -0.1) is 0 Å². The number of nitrogens with zero attached hydrogens (tertiary/aromatic N) is 1. The van der Waals surface area contributed by atoms with Gasteiger partial charge in [0.2, 0.25) is 15.9 Å². The van der Waals surface area contributed by atoms with E-state index in [-0.39, 0.29) is 23.1 Å². The molecule has 1 atom stereocenters.